The van der Waals surface area contributed by atoms with E-state index in [1.165, 1.54) is 0 Å². The Morgan fingerprint density at radius 2 is 2.35 bits per heavy atom. The predicted molar refractivity (Wildman–Crippen MR) is 89.0 cm³/mol. The van der Waals surface area contributed by atoms with Crippen molar-refractivity contribution in [1.29, 1.82) is 0 Å². The van der Waals surface area contributed by atoms with Crippen molar-refractivity contribution >= 4 is 17.0 Å². The first kappa shape index (κ1) is 16.0. The Morgan fingerprint density at radius 3 is 3.13 bits per heavy atom. The van der Waals surface area contributed by atoms with Crippen LogP contribution in [0.3, 0.4) is 0 Å². The standard InChI is InChI=1S/C17H24N4O2/c1-17(2,3)20-15(22)14-11-21(6-5-18-14)10-12-8-13-4-7-23-16(13)19-9-12/h4,7-9,14,18H,5-6,10-11H2,1-3H3,(H,20,22). The number of hydrogen-bond acceptors (Lipinski definition) is 5. The molecule has 0 radical (unpaired) electrons. The molecule has 1 amide bonds. The fourth-order valence-corrected chi connectivity index (χ4v) is 2.84. The van der Waals surface area contributed by atoms with Crippen LogP contribution in [0.2, 0.25) is 0 Å². The quantitative estimate of drug-likeness (QED) is 0.898. The van der Waals surface area contributed by atoms with Crippen molar-refractivity contribution in [3.63, 3.8) is 0 Å². The molecule has 1 saturated heterocycles. The zero-order valence-corrected chi connectivity index (χ0v) is 13.9. The molecule has 2 aromatic heterocycles. The highest BCUT2D eigenvalue weighted by molar-refractivity contribution is 5.82. The number of fused-ring (bicyclic) bond motifs is 1. The average Bonchev–Trinajstić information content (AvgIpc) is 2.93. The van der Waals surface area contributed by atoms with E-state index in [0.29, 0.717) is 12.3 Å². The van der Waals surface area contributed by atoms with Crippen LogP contribution in [0.5, 0.6) is 0 Å². The van der Waals surface area contributed by atoms with Crippen molar-refractivity contribution in [3.05, 3.63) is 30.2 Å². The molecule has 23 heavy (non-hydrogen) atoms. The molecule has 1 atom stereocenters. The lowest BCUT2D eigenvalue weighted by Gasteiger charge is -2.34. The highest BCUT2D eigenvalue weighted by Gasteiger charge is 2.27. The maximum Gasteiger partial charge on any atom is 0.238 e. The first-order valence-corrected chi connectivity index (χ1v) is 8.01. The summed E-state index contributed by atoms with van der Waals surface area (Å²) in [6.07, 6.45) is 3.50. The highest BCUT2D eigenvalue weighted by Crippen LogP contribution is 2.16. The van der Waals surface area contributed by atoms with Gasteiger partial charge in [-0.25, -0.2) is 4.98 Å². The van der Waals surface area contributed by atoms with Gasteiger partial charge >= 0.3 is 0 Å². The number of piperazine rings is 1. The number of nitrogens with one attached hydrogen (secondary N) is 2. The van der Waals surface area contributed by atoms with Crippen molar-refractivity contribution in [2.75, 3.05) is 19.6 Å². The number of carbonyl (C=O) groups excluding carboxylic acids is 1. The zero-order chi connectivity index (χ0) is 16.4. The zero-order valence-electron chi connectivity index (χ0n) is 13.9. The molecule has 0 bridgehead atoms. The predicted octanol–water partition coefficient (Wildman–Crippen LogP) is 1.52. The molecule has 1 aliphatic heterocycles. The summed E-state index contributed by atoms with van der Waals surface area (Å²) < 4.78 is 5.27. The van der Waals surface area contributed by atoms with E-state index < -0.39 is 0 Å². The van der Waals surface area contributed by atoms with E-state index in [-0.39, 0.29) is 17.5 Å². The molecule has 0 aromatic carbocycles. The lowest BCUT2D eigenvalue weighted by Crippen LogP contribution is -2.59. The molecule has 1 fully saturated rings. The van der Waals surface area contributed by atoms with E-state index in [4.69, 9.17) is 4.42 Å². The minimum atomic E-state index is -0.211. The van der Waals surface area contributed by atoms with E-state index in [1.807, 2.05) is 33.0 Å². The molecule has 1 unspecified atom stereocenters. The third-order valence-corrected chi connectivity index (χ3v) is 3.84. The summed E-state index contributed by atoms with van der Waals surface area (Å²) in [6.45, 7) is 9.21. The summed E-state index contributed by atoms with van der Waals surface area (Å²) in [5.41, 5.74) is 1.59. The number of pyridine rings is 1. The summed E-state index contributed by atoms with van der Waals surface area (Å²) in [5, 5.41) is 7.35. The Labute approximate surface area is 136 Å². The van der Waals surface area contributed by atoms with Crippen LogP contribution in [-0.4, -0.2) is 47.0 Å². The van der Waals surface area contributed by atoms with Gasteiger partial charge in [-0.2, -0.15) is 0 Å². The first-order chi connectivity index (χ1) is 10.9. The van der Waals surface area contributed by atoms with E-state index in [0.717, 1.165) is 30.6 Å². The van der Waals surface area contributed by atoms with Gasteiger partial charge in [-0.1, -0.05) is 0 Å². The third kappa shape index (κ3) is 4.09. The molecule has 0 spiro atoms. The Hall–Kier alpha value is -1.92. The van der Waals surface area contributed by atoms with Gasteiger partial charge in [0.05, 0.1) is 12.3 Å². The fraction of sp³-hybridized carbons (Fsp3) is 0.529. The first-order valence-electron chi connectivity index (χ1n) is 8.01. The van der Waals surface area contributed by atoms with Crippen molar-refractivity contribution in [1.82, 2.24) is 20.5 Å². The maximum atomic E-state index is 12.3. The van der Waals surface area contributed by atoms with Crippen LogP contribution in [-0.2, 0) is 11.3 Å². The topological polar surface area (TPSA) is 70.4 Å². The molecule has 3 rings (SSSR count). The fourth-order valence-electron chi connectivity index (χ4n) is 2.84. The molecule has 6 nitrogen and oxygen atoms in total. The molecule has 6 heteroatoms. The smallest absolute Gasteiger partial charge is 0.238 e. The van der Waals surface area contributed by atoms with E-state index >= 15 is 0 Å². The Balaban J connectivity index is 1.63. The van der Waals surface area contributed by atoms with Gasteiger partial charge in [0.25, 0.3) is 0 Å². The van der Waals surface area contributed by atoms with Crippen molar-refractivity contribution in [2.45, 2.75) is 38.9 Å². The van der Waals surface area contributed by atoms with Crippen LogP contribution in [0.15, 0.2) is 29.0 Å². The van der Waals surface area contributed by atoms with Crippen molar-refractivity contribution < 1.29 is 9.21 Å². The number of furan rings is 1. The van der Waals surface area contributed by atoms with E-state index in [9.17, 15) is 4.79 Å². The minimum Gasteiger partial charge on any atom is -0.446 e. The Kier molecular flexibility index (Phi) is 4.37. The molecule has 3 heterocycles. The molecule has 2 aromatic rings. The molecule has 1 aliphatic rings. The SMILES string of the molecule is CC(C)(C)NC(=O)C1CN(Cc2cnc3occc3c2)CCN1. The van der Waals surface area contributed by atoms with Gasteiger partial charge in [0, 0.05) is 43.3 Å². The van der Waals surface area contributed by atoms with Gasteiger partial charge in [-0.3, -0.25) is 9.69 Å². The number of aromatic nitrogens is 1. The normalized spacial score (nSPS) is 19.9. The lowest BCUT2D eigenvalue weighted by atomic mass is 10.1. The second-order valence-electron chi connectivity index (χ2n) is 7.14. The molecule has 2 N–H and O–H groups in total. The van der Waals surface area contributed by atoms with Gasteiger partial charge in [0.15, 0.2) is 0 Å². The molecule has 0 aliphatic carbocycles. The van der Waals surface area contributed by atoms with E-state index in [2.05, 4.69) is 26.6 Å². The number of nitrogens with zero attached hydrogens (tertiary/aromatic N) is 2. The lowest BCUT2D eigenvalue weighted by molar-refractivity contribution is -0.125. The van der Waals surface area contributed by atoms with Gasteiger partial charge < -0.3 is 15.1 Å². The summed E-state index contributed by atoms with van der Waals surface area (Å²) >= 11 is 0. The molecule has 0 saturated carbocycles. The number of carbonyl (C=O) groups is 1. The monoisotopic (exact) mass is 316 g/mol. The van der Waals surface area contributed by atoms with Crippen LogP contribution in [0, 0.1) is 0 Å². The second kappa shape index (κ2) is 6.29. The Morgan fingerprint density at radius 1 is 1.52 bits per heavy atom. The third-order valence-electron chi connectivity index (χ3n) is 3.84. The van der Waals surface area contributed by atoms with Gasteiger partial charge in [0.2, 0.25) is 11.6 Å². The largest absolute Gasteiger partial charge is 0.446 e. The molecular weight excluding hydrogens is 292 g/mol. The summed E-state index contributed by atoms with van der Waals surface area (Å²) in [4.78, 5) is 18.9. The summed E-state index contributed by atoms with van der Waals surface area (Å²) in [6, 6.07) is 3.84. The average molecular weight is 316 g/mol. The van der Waals surface area contributed by atoms with E-state index in [1.54, 1.807) is 6.26 Å². The Bertz CT molecular complexity index is 689. The van der Waals surface area contributed by atoms with Gasteiger partial charge in [0.1, 0.15) is 0 Å². The number of rotatable bonds is 3. The highest BCUT2D eigenvalue weighted by atomic mass is 16.3. The molecule has 124 valence electrons. The summed E-state index contributed by atoms with van der Waals surface area (Å²) in [7, 11) is 0. The maximum absolute atomic E-state index is 12.3. The van der Waals surface area contributed by atoms with Crippen LogP contribution in [0.4, 0.5) is 0 Å². The second-order valence-corrected chi connectivity index (χ2v) is 7.14. The summed E-state index contributed by atoms with van der Waals surface area (Å²) in [5.74, 6) is 0.0608. The van der Waals surface area contributed by atoms with Crippen LogP contribution < -0.4 is 10.6 Å². The van der Waals surface area contributed by atoms with Crippen molar-refractivity contribution in [2.24, 2.45) is 0 Å². The number of hydrogen-bond donors (Lipinski definition) is 2. The van der Waals surface area contributed by atoms with Crippen LogP contribution in [0.25, 0.3) is 11.1 Å². The van der Waals surface area contributed by atoms with Crippen LogP contribution >= 0.6 is 0 Å². The van der Waals surface area contributed by atoms with Crippen LogP contribution in [0.1, 0.15) is 26.3 Å². The van der Waals surface area contributed by atoms with Crippen molar-refractivity contribution in [3.8, 4) is 0 Å². The van der Waals surface area contributed by atoms with Gasteiger partial charge in [-0.15, -0.1) is 0 Å². The minimum absolute atomic E-state index is 0.0608. The number of amides is 1. The van der Waals surface area contributed by atoms with Gasteiger partial charge in [-0.05, 0) is 38.5 Å². The molecular formula is C17H24N4O2.